The van der Waals surface area contributed by atoms with Crippen LogP contribution >= 0.6 is 0 Å². The summed E-state index contributed by atoms with van der Waals surface area (Å²) >= 11 is 0. The largest absolute Gasteiger partial charge is 0.392 e. The molecule has 1 heterocycles. The lowest BCUT2D eigenvalue weighted by atomic mass is 10.0. The smallest absolute Gasteiger partial charge is 0.0684 e. The van der Waals surface area contributed by atoms with E-state index in [1.807, 2.05) is 12.1 Å². The molecule has 1 unspecified atom stereocenters. The van der Waals surface area contributed by atoms with Crippen LogP contribution in [0.5, 0.6) is 0 Å². The summed E-state index contributed by atoms with van der Waals surface area (Å²) in [6.45, 7) is 3.31. The van der Waals surface area contributed by atoms with Crippen molar-refractivity contribution in [1.29, 1.82) is 0 Å². The minimum absolute atomic E-state index is 0.302. The van der Waals surface area contributed by atoms with Crippen LogP contribution in [0.2, 0.25) is 0 Å². The van der Waals surface area contributed by atoms with Crippen LogP contribution in [0.4, 0.5) is 11.4 Å². The molecule has 1 aromatic carbocycles. The van der Waals surface area contributed by atoms with Gasteiger partial charge in [-0.05, 0) is 19.1 Å². The molecule has 0 fully saturated rings. The summed E-state index contributed by atoms with van der Waals surface area (Å²) < 4.78 is 0. The Kier molecular flexibility index (Phi) is 2.10. The fourth-order valence-corrected chi connectivity index (χ4v) is 1.44. The minimum Gasteiger partial charge on any atom is -0.392 e. The monoisotopic (exact) mass is 178 g/mol. The van der Waals surface area contributed by atoms with Crippen LogP contribution < -0.4 is 10.6 Å². The Morgan fingerprint density at radius 3 is 3.08 bits per heavy atom. The Bertz CT molecular complexity index is 310. The normalized spacial score (nSPS) is 15.2. The third-order valence-corrected chi connectivity index (χ3v) is 2.22. The Hall–Kier alpha value is -1.22. The van der Waals surface area contributed by atoms with E-state index in [9.17, 15) is 0 Å². The van der Waals surface area contributed by atoms with Gasteiger partial charge in [-0.1, -0.05) is 6.07 Å². The van der Waals surface area contributed by atoms with Gasteiger partial charge in [0, 0.05) is 30.0 Å². The summed E-state index contributed by atoms with van der Waals surface area (Å²) in [5.41, 5.74) is 3.66. The van der Waals surface area contributed by atoms with Gasteiger partial charge in [0.05, 0.1) is 6.10 Å². The topological polar surface area (TPSA) is 44.3 Å². The Morgan fingerprint density at radius 2 is 2.46 bits per heavy atom. The van der Waals surface area contributed by atoms with E-state index < -0.39 is 0 Å². The lowest BCUT2D eigenvalue weighted by Gasteiger charge is -2.25. The Morgan fingerprint density at radius 1 is 1.62 bits per heavy atom. The maximum Gasteiger partial charge on any atom is 0.0684 e. The number of aliphatic hydroxyl groups is 1. The van der Waals surface area contributed by atoms with Gasteiger partial charge in [0.2, 0.25) is 0 Å². The van der Waals surface area contributed by atoms with E-state index in [0.717, 1.165) is 12.2 Å². The molecular formula is C10H14N2O. The van der Waals surface area contributed by atoms with E-state index in [4.69, 9.17) is 5.11 Å². The predicted molar refractivity (Wildman–Crippen MR) is 53.9 cm³/mol. The number of hydrogen-bond donors (Lipinski definition) is 3. The number of anilines is 2. The molecule has 0 aliphatic carbocycles. The zero-order valence-electron chi connectivity index (χ0n) is 7.67. The highest BCUT2D eigenvalue weighted by atomic mass is 16.3. The molecule has 0 saturated heterocycles. The van der Waals surface area contributed by atoms with Gasteiger partial charge in [-0.25, -0.2) is 0 Å². The summed E-state index contributed by atoms with van der Waals surface area (Å²) in [5, 5.41) is 15.5. The lowest BCUT2D eigenvalue weighted by Crippen LogP contribution is -2.20. The number of hydrogen-bond acceptors (Lipinski definition) is 3. The second kappa shape index (κ2) is 3.26. The zero-order valence-corrected chi connectivity index (χ0v) is 7.67. The summed E-state index contributed by atoms with van der Waals surface area (Å²) in [7, 11) is 0. The van der Waals surface area contributed by atoms with Crippen molar-refractivity contribution in [3.05, 3.63) is 23.8 Å². The average Bonchev–Trinajstić information content (AvgIpc) is 2.03. The molecule has 0 radical (unpaired) electrons. The molecule has 0 saturated carbocycles. The molecular weight excluding hydrogens is 164 g/mol. The van der Waals surface area contributed by atoms with Gasteiger partial charge in [0.1, 0.15) is 0 Å². The van der Waals surface area contributed by atoms with Gasteiger partial charge in [0.25, 0.3) is 0 Å². The SMILES string of the molecule is CC(O)CNc1cccc2c1CN2. The second-order valence-electron chi connectivity index (χ2n) is 3.42. The maximum atomic E-state index is 9.11. The number of aliphatic hydroxyl groups excluding tert-OH is 1. The van der Waals surface area contributed by atoms with E-state index in [1.54, 1.807) is 6.92 Å². The van der Waals surface area contributed by atoms with Crippen LogP contribution in [0.25, 0.3) is 0 Å². The van der Waals surface area contributed by atoms with Gasteiger partial charge < -0.3 is 15.7 Å². The van der Waals surface area contributed by atoms with Gasteiger partial charge in [0.15, 0.2) is 0 Å². The van der Waals surface area contributed by atoms with Crippen LogP contribution in [-0.4, -0.2) is 17.8 Å². The first-order chi connectivity index (χ1) is 6.27. The van der Waals surface area contributed by atoms with Crippen LogP contribution in [-0.2, 0) is 6.54 Å². The van der Waals surface area contributed by atoms with Crippen LogP contribution in [0.3, 0.4) is 0 Å². The maximum absolute atomic E-state index is 9.11. The fraction of sp³-hybridized carbons (Fsp3) is 0.400. The van der Waals surface area contributed by atoms with Gasteiger partial charge in [-0.3, -0.25) is 0 Å². The molecule has 2 rings (SSSR count). The highest BCUT2D eigenvalue weighted by Crippen LogP contribution is 2.31. The van der Waals surface area contributed by atoms with Crippen molar-refractivity contribution in [2.45, 2.75) is 19.6 Å². The average molecular weight is 178 g/mol. The zero-order chi connectivity index (χ0) is 9.26. The number of benzene rings is 1. The summed E-state index contributed by atoms with van der Waals surface area (Å²) in [4.78, 5) is 0. The standard InChI is InChI=1S/C10H14N2O/c1-7(13)5-11-9-3-2-4-10-8(9)6-12-10/h2-4,7,11-13H,5-6H2,1H3. The van der Waals surface area contributed by atoms with E-state index in [2.05, 4.69) is 16.7 Å². The van der Waals surface area contributed by atoms with E-state index in [0.29, 0.717) is 6.54 Å². The van der Waals surface area contributed by atoms with Crippen molar-refractivity contribution >= 4 is 11.4 Å². The molecule has 70 valence electrons. The van der Waals surface area contributed by atoms with E-state index in [1.165, 1.54) is 11.3 Å². The highest BCUT2D eigenvalue weighted by Gasteiger charge is 2.15. The van der Waals surface area contributed by atoms with Crippen molar-refractivity contribution in [1.82, 2.24) is 0 Å². The van der Waals surface area contributed by atoms with Crippen molar-refractivity contribution in [3.8, 4) is 0 Å². The Balaban J connectivity index is 2.08. The Labute approximate surface area is 77.8 Å². The fourth-order valence-electron chi connectivity index (χ4n) is 1.44. The van der Waals surface area contributed by atoms with E-state index >= 15 is 0 Å². The van der Waals surface area contributed by atoms with Crippen molar-refractivity contribution in [2.24, 2.45) is 0 Å². The minimum atomic E-state index is -0.302. The van der Waals surface area contributed by atoms with Gasteiger partial charge >= 0.3 is 0 Å². The summed E-state index contributed by atoms with van der Waals surface area (Å²) in [6.07, 6.45) is -0.302. The number of fused-ring (bicyclic) bond motifs is 1. The van der Waals surface area contributed by atoms with Crippen molar-refractivity contribution < 1.29 is 5.11 Å². The molecule has 1 aliphatic heterocycles. The third kappa shape index (κ3) is 1.60. The molecule has 3 nitrogen and oxygen atoms in total. The van der Waals surface area contributed by atoms with Gasteiger partial charge in [-0.2, -0.15) is 0 Å². The molecule has 0 amide bonds. The second-order valence-corrected chi connectivity index (χ2v) is 3.42. The van der Waals surface area contributed by atoms with Crippen LogP contribution in [0, 0.1) is 0 Å². The van der Waals surface area contributed by atoms with Crippen molar-refractivity contribution in [2.75, 3.05) is 17.2 Å². The molecule has 0 spiro atoms. The number of nitrogens with one attached hydrogen (secondary N) is 2. The van der Waals surface area contributed by atoms with Crippen LogP contribution in [0.15, 0.2) is 18.2 Å². The van der Waals surface area contributed by atoms with Crippen molar-refractivity contribution in [3.63, 3.8) is 0 Å². The first-order valence-electron chi connectivity index (χ1n) is 4.55. The molecule has 13 heavy (non-hydrogen) atoms. The molecule has 3 heteroatoms. The third-order valence-electron chi connectivity index (χ3n) is 2.22. The van der Waals surface area contributed by atoms with Gasteiger partial charge in [-0.15, -0.1) is 0 Å². The van der Waals surface area contributed by atoms with E-state index in [-0.39, 0.29) is 6.10 Å². The van der Waals surface area contributed by atoms with Crippen LogP contribution in [0.1, 0.15) is 12.5 Å². The highest BCUT2D eigenvalue weighted by molar-refractivity contribution is 5.71. The molecule has 1 aliphatic rings. The molecule has 3 N–H and O–H groups in total. The summed E-state index contributed by atoms with van der Waals surface area (Å²) in [6, 6.07) is 6.11. The first-order valence-corrected chi connectivity index (χ1v) is 4.55. The molecule has 0 aromatic heterocycles. The lowest BCUT2D eigenvalue weighted by molar-refractivity contribution is 0.208. The molecule has 1 aromatic rings. The predicted octanol–water partition coefficient (Wildman–Crippen LogP) is 1.40. The molecule has 0 bridgehead atoms. The quantitative estimate of drug-likeness (QED) is 0.655. The summed E-state index contributed by atoms with van der Waals surface area (Å²) in [5.74, 6) is 0. The first kappa shape index (κ1) is 8.38. The molecule has 1 atom stereocenters. The number of rotatable bonds is 3.